The van der Waals surface area contributed by atoms with E-state index in [4.69, 9.17) is 0 Å². The van der Waals surface area contributed by atoms with Gasteiger partial charge < -0.3 is 5.32 Å². The molecular weight excluding hydrogens is 261 g/mol. The van der Waals surface area contributed by atoms with Crippen LogP contribution in [0.25, 0.3) is 0 Å². The quantitative estimate of drug-likeness (QED) is 0.821. The van der Waals surface area contributed by atoms with Crippen LogP contribution < -0.4 is 5.32 Å². The van der Waals surface area contributed by atoms with Gasteiger partial charge in [-0.25, -0.2) is 4.39 Å². The van der Waals surface area contributed by atoms with Crippen molar-refractivity contribution in [3.05, 3.63) is 35.6 Å². The summed E-state index contributed by atoms with van der Waals surface area (Å²) < 4.78 is 13.8. The lowest BCUT2D eigenvalue weighted by molar-refractivity contribution is 0.160. The van der Waals surface area contributed by atoms with Gasteiger partial charge in [0.1, 0.15) is 5.82 Å². The molecule has 0 spiro atoms. The Morgan fingerprint density at radius 2 is 1.90 bits per heavy atom. The molecule has 1 aliphatic rings. The number of halogens is 1. The van der Waals surface area contributed by atoms with Crippen LogP contribution in [0.1, 0.15) is 52.5 Å². The summed E-state index contributed by atoms with van der Waals surface area (Å²) in [6.45, 7) is 9.20. The summed E-state index contributed by atoms with van der Waals surface area (Å²) in [7, 11) is 0. The molecule has 2 heteroatoms. The Morgan fingerprint density at radius 1 is 1.19 bits per heavy atom. The van der Waals surface area contributed by atoms with Crippen LogP contribution in [0.5, 0.6) is 0 Å². The molecule has 1 saturated carbocycles. The summed E-state index contributed by atoms with van der Waals surface area (Å²) in [5.74, 6) is 2.20. The van der Waals surface area contributed by atoms with Gasteiger partial charge in [0.25, 0.3) is 0 Å². The molecule has 1 fully saturated rings. The Hall–Kier alpha value is -0.890. The van der Waals surface area contributed by atoms with Crippen LogP contribution in [0.15, 0.2) is 24.3 Å². The molecule has 0 amide bonds. The maximum absolute atomic E-state index is 13.8. The van der Waals surface area contributed by atoms with E-state index in [2.05, 4.69) is 33.0 Å². The van der Waals surface area contributed by atoms with Gasteiger partial charge >= 0.3 is 0 Å². The molecule has 0 saturated heterocycles. The Labute approximate surface area is 129 Å². The molecule has 1 aromatic carbocycles. The molecule has 21 heavy (non-hydrogen) atoms. The second-order valence-corrected chi connectivity index (χ2v) is 7.30. The molecule has 0 bridgehead atoms. The molecule has 0 aromatic heterocycles. The van der Waals surface area contributed by atoms with E-state index in [0.29, 0.717) is 12.1 Å². The van der Waals surface area contributed by atoms with Crippen molar-refractivity contribution in [3.63, 3.8) is 0 Å². The highest BCUT2D eigenvalue weighted by atomic mass is 19.1. The number of hydrogen-bond donors (Lipinski definition) is 1. The van der Waals surface area contributed by atoms with E-state index in [9.17, 15) is 4.39 Å². The summed E-state index contributed by atoms with van der Waals surface area (Å²) >= 11 is 0. The zero-order chi connectivity index (χ0) is 15.4. The Balaban J connectivity index is 1.96. The zero-order valence-corrected chi connectivity index (χ0v) is 13.9. The molecule has 1 aromatic rings. The SMILES string of the molecule is CC1CCC(C(C)C)C(NC(C)Cc2ccccc2F)C1. The van der Waals surface area contributed by atoms with Crippen molar-refractivity contribution in [3.8, 4) is 0 Å². The highest BCUT2D eigenvalue weighted by Crippen LogP contribution is 2.33. The van der Waals surface area contributed by atoms with Crippen molar-refractivity contribution in [1.29, 1.82) is 0 Å². The van der Waals surface area contributed by atoms with Crippen LogP contribution in [-0.4, -0.2) is 12.1 Å². The monoisotopic (exact) mass is 291 g/mol. The number of benzene rings is 1. The molecule has 2 rings (SSSR count). The van der Waals surface area contributed by atoms with Crippen LogP contribution in [0.2, 0.25) is 0 Å². The van der Waals surface area contributed by atoms with Gasteiger partial charge in [0.05, 0.1) is 0 Å². The van der Waals surface area contributed by atoms with Crippen molar-refractivity contribution in [2.75, 3.05) is 0 Å². The van der Waals surface area contributed by atoms with Gasteiger partial charge in [0, 0.05) is 12.1 Å². The number of rotatable bonds is 5. The number of nitrogens with one attached hydrogen (secondary N) is 1. The molecule has 1 aliphatic carbocycles. The van der Waals surface area contributed by atoms with Gasteiger partial charge in [-0.1, -0.05) is 45.4 Å². The van der Waals surface area contributed by atoms with Crippen LogP contribution in [0, 0.1) is 23.6 Å². The van der Waals surface area contributed by atoms with Crippen molar-refractivity contribution >= 4 is 0 Å². The first-order chi connectivity index (χ1) is 9.97. The molecular formula is C19H30FN. The summed E-state index contributed by atoms with van der Waals surface area (Å²) in [6, 6.07) is 8.03. The molecule has 0 heterocycles. The third-order valence-corrected chi connectivity index (χ3v) is 5.00. The minimum Gasteiger partial charge on any atom is -0.311 e. The fourth-order valence-corrected chi connectivity index (χ4v) is 3.81. The predicted molar refractivity (Wildman–Crippen MR) is 87.8 cm³/mol. The van der Waals surface area contributed by atoms with Crippen molar-refractivity contribution in [1.82, 2.24) is 5.32 Å². The summed E-state index contributed by atoms with van der Waals surface area (Å²) in [5, 5.41) is 3.79. The van der Waals surface area contributed by atoms with E-state index in [1.165, 1.54) is 19.3 Å². The maximum atomic E-state index is 13.8. The first kappa shape index (κ1) is 16.5. The average molecular weight is 291 g/mol. The lowest BCUT2D eigenvalue weighted by atomic mass is 9.73. The molecule has 4 atom stereocenters. The first-order valence-electron chi connectivity index (χ1n) is 8.46. The van der Waals surface area contributed by atoms with E-state index in [0.717, 1.165) is 29.7 Å². The van der Waals surface area contributed by atoms with Crippen LogP contribution in [0.4, 0.5) is 4.39 Å². The Kier molecular flexibility index (Phi) is 5.80. The van der Waals surface area contributed by atoms with Gasteiger partial charge in [-0.3, -0.25) is 0 Å². The summed E-state index contributed by atoms with van der Waals surface area (Å²) in [4.78, 5) is 0. The highest BCUT2D eigenvalue weighted by molar-refractivity contribution is 5.18. The summed E-state index contributed by atoms with van der Waals surface area (Å²) in [6.07, 6.45) is 4.69. The van der Waals surface area contributed by atoms with Gasteiger partial charge in [-0.15, -0.1) is 0 Å². The Morgan fingerprint density at radius 3 is 2.57 bits per heavy atom. The average Bonchev–Trinajstić information content (AvgIpc) is 2.41. The van der Waals surface area contributed by atoms with Gasteiger partial charge in [0.15, 0.2) is 0 Å². The smallest absolute Gasteiger partial charge is 0.126 e. The molecule has 4 unspecified atom stereocenters. The predicted octanol–water partition coefficient (Wildman–Crippen LogP) is 4.81. The third kappa shape index (κ3) is 4.54. The van der Waals surface area contributed by atoms with Crippen LogP contribution in [-0.2, 0) is 6.42 Å². The molecule has 1 N–H and O–H groups in total. The minimum absolute atomic E-state index is 0.0800. The van der Waals surface area contributed by atoms with Crippen molar-refractivity contribution in [2.45, 2.75) is 65.5 Å². The molecule has 118 valence electrons. The van der Waals surface area contributed by atoms with E-state index >= 15 is 0 Å². The third-order valence-electron chi connectivity index (χ3n) is 5.00. The minimum atomic E-state index is -0.0800. The second-order valence-electron chi connectivity index (χ2n) is 7.30. The van der Waals surface area contributed by atoms with E-state index in [1.54, 1.807) is 12.1 Å². The van der Waals surface area contributed by atoms with Crippen LogP contribution in [0.3, 0.4) is 0 Å². The van der Waals surface area contributed by atoms with E-state index < -0.39 is 0 Å². The molecule has 0 radical (unpaired) electrons. The fourth-order valence-electron chi connectivity index (χ4n) is 3.81. The van der Waals surface area contributed by atoms with Gasteiger partial charge in [-0.2, -0.15) is 0 Å². The topological polar surface area (TPSA) is 12.0 Å². The zero-order valence-electron chi connectivity index (χ0n) is 13.9. The van der Waals surface area contributed by atoms with Crippen molar-refractivity contribution < 1.29 is 4.39 Å². The largest absolute Gasteiger partial charge is 0.311 e. The molecule has 0 aliphatic heterocycles. The maximum Gasteiger partial charge on any atom is 0.126 e. The van der Waals surface area contributed by atoms with E-state index in [-0.39, 0.29) is 5.82 Å². The number of hydrogen-bond acceptors (Lipinski definition) is 1. The lowest BCUT2D eigenvalue weighted by Gasteiger charge is -2.39. The lowest BCUT2D eigenvalue weighted by Crippen LogP contribution is -2.47. The van der Waals surface area contributed by atoms with Gasteiger partial charge in [0.2, 0.25) is 0 Å². The second kappa shape index (κ2) is 7.40. The Bertz CT molecular complexity index is 443. The van der Waals surface area contributed by atoms with Crippen LogP contribution >= 0.6 is 0 Å². The standard InChI is InChI=1S/C19H30FN/c1-13(2)17-10-9-14(3)11-19(17)21-15(4)12-16-7-5-6-8-18(16)20/h5-8,13-15,17,19,21H,9-12H2,1-4H3. The fraction of sp³-hybridized carbons (Fsp3) is 0.684. The van der Waals surface area contributed by atoms with Gasteiger partial charge in [-0.05, 0) is 55.6 Å². The first-order valence-corrected chi connectivity index (χ1v) is 8.46. The highest BCUT2D eigenvalue weighted by Gasteiger charge is 2.31. The van der Waals surface area contributed by atoms with E-state index in [1.807, 2.05) is 12.1 Å². The normalized spacial score (nSPS) is 27.8. The molecule has 1 nitrogen and oxygen atoms in total. The van der Waals surface area contributed by atoms with Crippen molar-refractivity contribution in [2.24, 2.45) is 17.8 Å². The summed E-state index contributed by atoms with van der Waals surface area (Å²) in [5.41, 5.74) is 0.822.